The molecular weight excluding hydrogens is 256 g/mol. The lowest BCUT2D eigenvalue weighted by Crippen LogP contribution is -2.37. The quantitative estimate of drug-likeness (QED) is 0.820. The van der Waals surface area contributed by atoms with E-state index in [0.29, 0.717) is 5.92 Å². The van der Waals surface area contributed by atoms with Crippen LogP contribution in [0.3, 0.4) is 0 Å². The number of aliphatic hydroxyl groups excluding tert-OH is 1. The first-order valence-corrected chi connectivity index (χ1v) is 8.48. The molecule has 1 nitrogen and oxygen atoms in total. The molecule has 0 radical (unpaired) electrons. The minimum atomic E-state index is -0.208. The van der Waals surface area contributed by atoms with Crippen LogP contribution in [0.25, 0.3) is 0 Å². The topological polar surface area (TPSA) is 20.2 Å². The molecule has 1 heteroatoms. The Kier molecular flexibility index (Phi) is 4.82. The number of aliphatic hydroxyl groups is 1. The summed E-state index contributed by atoms with van der Waals surface area (Å²) >= 11 is 0. The van der Waals surface area contributed by atoms with Crippen LogP contribution in [0.4, 0.5) is 0 Å². The second-order valence-corrected chi connectivity index (χ2v) is 8.56. The number of hydrogen-bond acceptors (Lipinski definition) is 1. The molecule has 1 aliphatic rings. The van der Waals surface area contributed by atoms with Crippen LogP contribution in [-0.4, -0.2) is 11.2 Å². The van der Waals surface area contributed by atoms with Crippen LogP contribution in [0.1, 0.15) is 71.4 Å². The standard InChI is InChI=1S/C20H32O/c1-19(2,3)16-11-9-15(10-12-16)14-18(21)17-8-6-7-13-20(17,4)5/h9-12,17-18,21H,6-8,13-14H2,1-5H3. The lowest BCUT2D eigenvalue weighted by atomic mass is 9.66. The summed E-state index contributed by atoms with van der Waals surface area (Å²) in [6, 6.07) is 8.82. The third kappa shape index (κ3) is 4.10. The van der Waals surface area contributed by atoms with Crippen molar-refractivity contribution in [2.45, 2.75) is 78.2 Å². The van der Waals surface area contributed by atoms with Crippen molar-refractivity contribution in [3.63, 3.8) is 0 Å². The second-order valence-electron chi connectivity index (χ2n) is 8.56. The van der Waals surface area contributed by atoms with Gasteiger partial charge in [-0.3, -0.25) is 0 Å². The average molecular weight is 288 g/mol. The lowest BCUT2D eigenvalue weighted by molar-refractivity contribution is 0.00580. The monoisotopic (exact) mass is 288 g/mol. The van der Waals surface area contributed by atoms with Gasteiger partial charge in [0.15, 0.2) is 0 Å². The van der Waals surface area contributed by atoms with Crippen molar-refractivity contribution in [2.75, 3.05) is 0 Å². The summed E-state index contributed by atoms with van der Waals surface area (Å²) in [5.74, 6) is 0.438. The van der Waals surface area contributed by atoms with Crippen LogP contribution in [0.2, 0.25) is 0 Å². The van der Waals surface area contributed by atoms with E-state index in [-0.39, 0.29) is 16.9 Å². The predicted octanol–water partition coefficient (Wildman–Crippen LogP) is 5.10. The highest BCUT2D eigenvalue weighted by molar-refractivity contribution is 5.28. The minimum absolute atomic E-state index is 0.197. The maximum Gasteiger partial charge on any atom is 0.0613 e. The Morgan fingerprint density at radius 3 is 2.29 bits per heavy atom. The summed E-state index contributed by atoms with van der Waals surface area (Å²) in [6.07, 6.45) is 5.59. The molecule has 1 fully saturated rings. The fourth-order valence-corrected chi connectivity index (χ4v) is 3.76. The first-order valence-electron chi connectivity index (χ1n) is 8.48. The van der Waals surface area contributed by atoms with Gasteiger partial charge in [-0.15, -0.1) is 0 Å². The fourth-order valence-electron chi connectivity index (χ4n) is 3.76. The molecule has 1 N–H and O–H groups in total. The zero-order valence-electron chi connectivity index (χ0n) is 14.4. The van der Waals surface area contributed by atoms with E-state index < -0.39 is 0 Å². The largest absolute Gasteiger partial charge is 0.392 e. The van der Waals surface area contributed by atoms with E-state index in [4.69, 9.17) is 0 Å². The molecule has 2 rings (SSSR count). The lowest BCUT2D eigenvalue weighted by Gasteiger charge is -2.41. The van der Waals surface area contributed by atoms with E-state index in [1.54, 1.807) is 0 Å². The van der Waals surface area contributed by atoms with Gasteiger partial charge in [0.1, 0.15) is 0 Å². The van der Waals surface area contributed by atoms with Crippen molar-refractivity contribution in [1.82, 2.24) is 0 Å². The molecule has 0 amide bonds. The van der Waals surface area contributed by atoms with Crippen LogP contribution in [-0.2, 0) is 11.8 Å². The molecule has 0 spiro atoms. The Labute approximate surface area is 130 Å². The Bertz CT molecular complexity index is 450. The molecule has 118 valence electrons. The molecule has 1 aromatic carbocycles. The number of hydrogen-bond donors (Lipinski definition) is 1. The summed E-state index contributed by atoms with van der Waals surface area (Å²) < 4.78 is 0. The maximum absolute atomic E-state index is 10.7. The molecule has 2 atom stereocenters. The van der Waals surface area contributed by atoms with Gasteiger partial charge in [0.2, 0.25) is 0 Å². The van der Waals surface area contributed by atoms with Gasteiger partial charge in [0.25, 0.3) is 0 Å². The third-order valence-corrected chi connectivity index (χ3v) is 5.32. The van der Waals surface area contributed by atoms with Crippen molar-refractivity contribution in [1.29, 1.82) is 0 Å². The summed E-state index contributed by atoms with van der Waals surface area (Å²) in [5.41, 5.74) is 3.10. The van der Waals surface area contributed by atoms with E-state index >= 15 is 0 Å². The molecule has 21 heavy (non-hydrogen) atoms. The zero-order valence-corrected chi connectivity index (χ0v) is 14.4. The normalized spacial score (nSPS) is 23.8. The number of benzene rings is 1. The van der Waals surface area contributed by atoms with Crippen LogP contribution < -0.4 is 0 Å². The fraction of sp³-hybridized carbons (Fsp3) is 0.700. The van der Waals surface area contributed by atoms with Gasteiger partial charge in [0.05, 0.1) is 6.10 Å². The molecular formula is C20H32O. The predicted molar refractivity (Wildman–Crippen MR) is 90.6 cm³/mol. The molecule has 2 unspecified atom stereocenters. The molecule has 1 aliphatic carbocycles. The highest BCUT2D eigenvalue weighted by Gasteiger charge is 2.36. The van der Waals surface area contributed by atoms with Crippen molar-refractivity contribution in [3.05, 3.63) is 35.4 Å². The van der Waals surface area contributed by atoms with Gasteiger partial charge in [-0.1, -0.05) is 71.7 Å². The van der Waals surface area contributed by atoms with Crippen molar-refractivity contribution >= 4 is 0 Å². The SMILES string of the molecule is CC(C)(C)c1ccc(CC(O)C2CCCCC2(C)C)cc1. The first-order chi connectivity index (χ1) is 9.70. The molecule has 0 heterocycles. The Balaban J connectivity index is 2.04. The smallest absolute Gasteiger partial charge is 0.0613 e. The molecule has 1 saturated carbocycles. The Morgan fingerprint density at radius 1 is 1.14 bits per heavy atom. The highest BCUT2D eigenvalue weighted by atomic mass is 16.3. The highest BCUT2D eigenvalue weighted by Crippen LogP contribution is 2.42. The van der Waals surface area contributed by atoms with Crippen LogP contribution in [0, 0.1) is 11.3 Å². The Hall–Kier alpha value is -0.820. The van der Waals surface area contributed by atoms with Crippen molar-refractivity contribution < 1.29 is 5.11 Å². The van der Waals surface area contributed by atoms with Crippen LogP contribution in [0.15, 0.2) is 24.3 Å². The first kappa shape index (κ1) is 16.5. The van der Waals surface area contributed by atoms with Gasteiger partial charge in [0, 0.05) is 0 Å². The van der Waals surface area contributed by atoms with Gasteiger partial charge < -0.3 is 5.11 Å². The van der Waals surface area contributed by atoms with Crippen molar-refractivity contribution in [2.24, 2.45) is 11.3 Å². The van der Waals surface area contributed by atoms with E-state index in [1.807, 2.05) is 0 Å². The zero-order chi connectivity index (χ0) is 15.7. The Morgan fingerprint density at radius 2 is 1.76 bits per heavy atom. The van der Waals surface area contributed by atoms with E-state index in [9.17, 15) is 5.11 Å². The third-order valence-electron chi connectivity index (χ3n) is 5.32. The van der Waals surface area contributed by atoms with E-state index in [1.165, 1.54) is 36.8 Å². The van der Waals surface area contributed by atoms with Gasteiger partial charge in [-0.25, -0.2) is 0 Å². The molecule has 1 aromatic rings. The van der Waals surface area contributed by atoms with Crippen molar-refractivity contribution in [3.8, 4) is 0 Å². The van der Waals surface area contributed by atoms with E-state index in [2.05, 4.69) is 58.9 Å². The summed E-state index contributed by atoms with van der Waals surface area (Å²) in [7, 11) is 0. The summed E-state index contributed by atoms with van der Waals surface area (Å²) in [5, 5.41) is 10.7. The maximum atomic E-state index is 10.7. The summed E-state index contributed by atoms with van der Waals surface area (Å²) in [4.78, 5) is 0. The molecule has 0 aliphatic heterocycles. The van der Waals surface area contributed by atoms with Gasteiger partial charge >= 0.3 is 0 Å². The summed E-state index contributed by atoms with van der Waals surface area (Å²) in [6.45, 7) is 11.4. The van der Waals surface area contributed by atoms with Gasteiger partial charge in [-0.05, 0) is 47.1 Å². The van der Waals surface area contributed by atoms with Crippen LogP contribution in [0.5, 0.6) is 0 Å². The second kappa shape index (κ2) is 6.12. The van der Waals surface area contributed by atoms with Gasteiger partial charge in [-0.2, -0.15) is 0 Å². The minimum Gasteiger partial charge on any atom is -0.392 e. The number of rotatable bonds is 3. The van der Waals surface area contributed by atoms with Crippen LogP contribution >= 0.6 is 0 Å². The molecule has 0 aromatic heterocycles. The molecule has 0 bridgehead atoms. The molecule has 0 saturated heterocycles. The average Bonchev–Trinajstić information content (AvgIpc) is 2.37. The van der Waals surface area contributed by atoms with E-state index in [0.717, 1.165) is 6.42 Å².